The molecule has 1 heterocycles. The van der Waals surface area contributed by atoms with E-state index in [1.54, 1.807) is 24.3 Å². The number of carboxylic acid groups (broad SMARTS) is 1. The van der Waals surface area contributed by atoms with E-state index in [0.29, 0.717) is 23.7 Å². The number of carbonyl (C=O) groups is 1. The second kappa shape index (κ2) is 7.75. The fourth-order valence-electron chi connectivity index (χ4n) is 3.21. The van der Waals surface area contributed by atoms with E-state index in [2.05, 4.69) is 4.98 Å². The van der Waals surface area contributed by atoms with E-state index in [1.807, 2.05) is 35.8 Å². The summed E-state index contributed by atoms with van der Waals surface area (Å²) in [6.07, 6.45) is 0. The smallest absolute Gasteiger partial charge is 0.335 e. The molecule has 1 N–H and O–H groups in total. The van der Waals surface area contributed by atoms with E-state index in [9.17, 15) is 9.18 Å². The number of aryl methyl sites for hydroxylation is 1. The van der Waals surface area contributed by atoms with Crippen LogP contribution in [0.5, 0.6) is 5.75 Å². The van der Waals surface area contributed by atoms with Gasteiger partial charge in [-0.2, -0.15) is 0 Å². The Balaban J connectivity index is 1.66. The molecule has 4 aromatic rings. The molecule has 0 aliphatic carbocycles. The van der Waals surface area contributed by atoms with Gasteiger partial charge < -0.3 is 14.4 Å². The lowest BCUT2D eigenvalue weighted by atomic mass is 10.2. The lowest BCUT2D eigenvalue weighted by molar-refractivity contribution is 0.0697. The highest BCUT2D eigenvalue weighted by molar-refractivity contribution is 5.87. The molecular formula is C23H19FN2O3. The molecule has 6 heteroatoms. The molecule has 29 heavy (non-hydrogen) atoms. The normalized spacial score (nSPS) is 11.0. The maximum absolute atomic E-state index is 14.2. The number of benzene rings is 3. The number of ether oxygens (including phenoxy) is 1. The molecule has 0 radical (unpaired) electrons. The monoisotopic (exact) mass is 390 g/mol. The van der Waals surface area contributed by atoms with Gasteiger partial charge in [0.1, 0.15) is 24.0 Å². The minimum absolute atomic E-state index is 0.175. The number of nitrogens with zero attached hydrogens (tertiary/aromatic N) is 2. The zero-order valence-electron chi connectivity index (χ0n) is 15.8. The van der Waals surface area contributed by atoms with Gasteiger partial charge in [-0.05, 0) is 55.0 Å². The third-order valence-corrected chi connectivity index (χ3v) is 4.74. The molecule has 3 aromatic carbocycles. The number of fused-ring (bicyclic) bond motifs is 1. The van der Waals surface area contributed by atoms with Crippen molar-refractivity contribution in [2.45, 2.75) is 20.1 Å². The highest BCUT2D eigenvalue weighted by Crippen LogP contribution is 2.22. The van der Waals surface area contributed by atoms with Crippen molar-refractivity contribution in [3.8, 4) is 5.75 Å². The molecule has 0 aliphatic heterocycles. The third kappa shape index (κ3) is 3.96. The summed E-state index contributed by atoms with van der Waals surface area (Å²) in [7, 11) is 0. The summed E-state index contributed by atoms with van der Waals surface area (Å²) in [6.45, 7) is 2.51. The van der Waals surface area contributed by atoms with Crippen LogP contribution in [0.3, 0.4) is 0 Å². The Morgan fingerprint density at radius 3 is 2.59 bits per heavy atom. The fraction of sp³-hybridized carbons (Fsp3) is 0.130. The zero-order chi connectivity index (χ0) is 20.4. The second-order valence-electron chi connectivity index (χ2n) is 6.82. The summed E-state index contributed by atoms with van der Waals surface area (Å²) in [5.74, 6) is -0.0522. The summed E-state index contributed by atoms with van der Waals surface area (Å²) in [4.78, 5) is 15.6. The summed E-state index contributed by atoms with van der Waals surface area (Å²) in [5, 5.41) is 9.00. The summed E-state index contributed by atoms with van der Waals surface area (Å²) >= 11 is 0. The van der Waals surface area contributed by atoms with Crippen molar-refractivity contribution in [3.05, 3.63) is 95.1 Å². The third-order valence-electron chi connectivity index (χ3n) is 4.74. The van der Waals surface area contributed by atoms with Crippen molar-refractivity contribution in [2.75, 3.05) is 0 Å². The lowest BCUT2D eigenvalue weighted by Crippen LogP contribution is -2.09. The topological polar surface area (TPSA) is 64.3 Å². The van der Waals surface area contributed by atoms with Crippen LogP contribution < -0.4 is 4.74 Å². The Morgan fingerprint density at radius 1 is 1.10 bits per heavy atom. The number of halogens is 1. The first-order valence-corrected chi connectivity index (χ1v) is 9.16. The van der Waals surface area contributed by atoms with Gasteiger partial charge in [-0.3, -0.25) is 0 Å². The molecule has 5 nitrogen and oxygen atoms in total. The van der Waals surface area contributed by atoms with E-state index in [4.69, 9.17) is 9.84 Å². The first-order valence-electron chi connectivity index (χ1n) is 9.16. The van der Waals surface area contributed by atoms with Crippen LogP contribution in [0.1, 0.15) is 27.3 Å². The Kier molecular flexibility index (Phi) is 4.99. The molecule has 0 saturated carbocycles. The van der Waals surface area contributed by atoms with Crippen molar-refractivity contribution in [3.63, 3.8) is 0 Å². The Morgan fingerprint density at radius 2 is 1.86 bits per heavy atom. The van der Waals surface area contributed by atoms with Crippen LogP contribution >= 0.6 is 0 Å². The van der Waals surface area contributed by atoms with Crippen molar-refractivity contribution in [1.29, 1.82) is 0 Å². The molecule has 0 fully saturated rings. The second-order valence-corrected chi connectivity index (χ2v) is 6.82. The number of carboxylic acids is 1. The number of hydrogen-bond donors (Lipinski definition) is 1. The van der Waals surface area contributed by atoms with Crippen LogP contribution in [0, 0.1) is 12.7 Å². The predicted molar refractivity (Wildman–Crippen MR) is 108 cm³/mol. The summed E-state index contributed by atoms with van der Waals surface area (Å²) in [5.41, 5.74) is 3.57. The lowest BCUT2D eigenvalue weighted by Gasteiger charge is -2.12. The number of aromatic nitrogens is 2. The molecule has 4 rings (SSSR count). The van der Waals surface area contributed by atoms with Crippen molar-refractivity contribution in [1.82, 2.24) is 9.55 Å². The maximum Gasteiger partial charge on any atom is 0.335 e. The molecule has 0 bridgehead atoms. The van der Waals surface area contributed by atoms with Crippen LogP contribution in [0.4, 0.5) is 4.39 Å². The van der Waals surface area contributed by atoms with Crippen LogP contribution in [0.15, 0.2) is 66.7 Å². The van der Waals surface area contributed by atoms with E-state index in [-0.39, 0.29) is 18.0 Å². The Bertz CT molecular complexity index is 1180. The molecule has 0 saturated heterocycles. The van der Waals surface area contributed by atoms with Gasteiger partial charge in [0.15, 0.2) is 0 Å². The first kappa shape index (κ1) is 18.7. The predicted octanol–water partition coefficient (Wildman–Crippen LogP) is 4.81. The standard InChI is InChI=1S/C23H19FN2O3/c1-15-6-11-20-21(12-15)26(13-17-4-2-3-5-19(17)24)22(25-20)14-29-18-9-7-16(8-10-18)23(27)28/h2-12H,13-14H2,1H3,(H,27,28). The van der Waals surface area contributed by atoms with Crippen LogP contribution in [-0.2, 0) is 13.2 Å². The van der Waals surface area contributed by atoms with E-state index < -0.39 is 5.97 Å². The Labute approximate surface area is 167 Å². The summed E-state index contributed by atoms with van der Waals surface area (Å²) in [6, 6.07) is 18.8. The van der Waals surface area contributed by atoms with Gasteiger partial charge in [0, 0.05) is 5.56 Å². The number of hydrogen-bond acceptors (Lipinski definition) is 3. The minimum atomic E-state index is -0.987. The molecule has 146 valence electrons. The molecule has 1 aromatic heterocycles. The quantitative estimate of drug-likeness (QED) is 0.513. The van der Waals surface area contributed by atoms with Gasteiger partial charge >= 0.3 is 5.97 Å². The fourth-order valence-corrected chi connectivity index (χ4v) is 3.21. The maximum atomic E-state index is 14.2. The average molecular weight is 390 g/mol. The van der Waals surface area contributed by atoms with Gasteiger partial charge in [0.05, 0.1) is 23.1 Å². The molecule has 0 amide bonds. The van der Waals surface area contributed by atoms with Crippen LogP contribution in [0.2, 0.25) is 0 Å². The van der Waals surface area contributed by atoms with Crippen LogP contribution in [-0.4, -0.2) is 20.6 Å². The first-order chi connectivity index (χ1) is 14.0. The largest absolute Gasteiger partial charge is 0.486 e. The molecule has 0 atom stereocenters. The van der Waals surface area contributed by atoms with Crippen molar-refractivity contribution >= 4 is 17.0 Å². The van der Waals surface area contributed by atoms with Gasteiger partial charge in [-0.25, -0.2) is 14.2 Å². The highest BCUT2D eigenvalue weighted by Gasteiger charge is 2.14. The van der Waals surface area contributed by atoms with E-state index in [1.165, 1.54) is 18.2 Å². The molecule has 0 aliphatic rings. The Hall–Kier alpha value is -3.67. The molecular weight excluding hydrogens is 371 g/mol. The minimum Gasteiger partial charge on any atom is -0.486 e. The number of imidazole rings is 1. The van der Waals surface area contributed by atoms with Crippen molar-refractivity contribution < 1.29 is 19.0 Å². The molecule has 0 spiro atoms. The van der Waals surface area contributed by atoms with Gasteiger partial charge in [-0.1, -0.05) is 24.3 Å². The highest BCUT2D eigenvalue weighted by atomic mass is 19.1. The van der Waals surface area contributed by atoms with E-state index >= 15 is 0 Å². The SMILES string of the molecule is Cc1ccc2nc(COc3ccc(C(=O)O)cc3)n(Cc3ccccc3F)c2c1. The average Bonchev–Trinajstić information content (AvgIpc) is 3.05. The number of rotatable bonds is 6. The number of aromatic carboxylic acids is 1. The van der Waals surface area contributed by atoms with Crippen LogP contribution in [0.25, 0.3) is 11.0 Å². The van der Waals surface area contributed by atoms with Gasteiger partial charge in [0.2, 0.25) is 0 Å². The zero-order valence-corrected chi connectivity index (χ0v) is 15.8. The summed E-state index contributed by atoms with van der Waals surface area (Å²) < 4.78 is 22.0. The van der Waals surface area contributed by atoms with Crippen molar-refractivity contribution in [2.24, 2.45) is 0 Å². The molecule has 0 unspecified atom stereocenters. The van der Waals surface area contributed by atoms with Gasteiger partial charge in [-0.15, -0.1) is 0 Å². The van der Waals surface area contributed by atoms with E-state index in [0.717, 1.165) is 16.6 Å². The van der Waals surface area contributed by atoms with Gasteiger partial charge in [0.25, 0.3) is 0 Å².